The molecular weight excluding hydrogens is 236 g/mol. The van der Waals surface area contributed by atoms with Crippen LogP contribution in [0.15, 0.2) is 24.3 Å². The third-order valence-electron chi connectivity index (χ3n) is 2.08. The van der Waals surface area contributed by atoms with Crippen LogP contribution in [0.5, 0.6) is 0 Å². The van der Waals surface area contributed by atoms with Crippen LogP contribution in [0.1, 0.15) is 18.9 Å². The standard InChI is InChI=1S/C12H14N2O4/c1-8(15)14-10-4-2-9(3-5-10)7-13-11(16)6-12(17)18/h2-5H,6-7H2,1H3,(H,13,16)(H,14,15)(H,17,18). The van der Waals surface area contributed by atoms with E-state index in [1.54, 1.807) is 24.3 Å². The Morgan fingerprint density at radius 1 is 1.17 bits per heavy atom. The highest BCUT2D eigenvalue weighted by molar-refractivity contribution is 5.93. The van der Waals surface area contributed by atoms with Gasteiger partial charge in [0, 0.05) is 19.2 Å². The van der Waals surface area contributed by atoms with Crippen molar-refractivity contribution in [2.45, 2.75) is 19.9 Å². The lowest BCUT2D eigenvalue weighted by atomic mass is 10.2. The van der Waals surface area contributed by atoms with Gasteiger partial charge in [0.05, 0.1) is 0 Å². The van der Waals surface area contributed by atoms with Crippen LogP contribution in [0.4, 0.5) is 5.69 Å². The summed E-state index contributed by atoms with van der Waals surface area (Å²) >= 11 is 0. The second-order valence-electron chi connectivity index (χ2n) is 3.73. The second kappa shape index (κ2) is 6.39. The molecule has 0 heterocycles. The molecule has 96 valence electrons. The minimum atomic E-state index is -1.16. The highest BCUT2D eigenvalue weighted by atomic mass is 16.4. The maximum Gasteiger partial charge on any atom is 0.312 e. The summed E-state index contributed by atoms with van der Waals surface area (Å²) in [5, 5.41) is 13.5. The summed E-state index contributed by atoms with van der Waals surface area (Å²) in [4.78, 5) is 32.1. The lowest BCUT2D eigenvalue weighted by Crippen LogP contribution is -2.25. The first kappa shape index (κ1) is 13.7. The molecule has 0 aliphatic carbocycles. The van der Waals surface area contributed by atoms with Crippen LogP contribution in [0.3, 0.4) is 0 Å². The van der Waals surface area contributed by atoms with E-state index in [4.69, 9.17) is 5.11 Å². The van der Waals surface area contributed by atoms with E-state index in [-0.39, 0.29) is 12.5 Å². The summed E-state index contributed by atoms with van der Waals surface area (Å²) in [5.41, 5.74) is 1.49. The number of amides is 2. The largest absolute Gasteiger partial charge is 0.481 e. The number of hydrogen-bond acceptors (Lipinski definition) is 3. The summed E-state index contributed by atoms with van der Waals surface area (Å²) in [5.74, 6) is -1.85. The van der Waals surface area contributed by atoms with Crippen molar-refractivity contribution in [1.29, 1.82) is 0 Å². The predicted molar refractivity (Wildman–Crippen MR) is 64.8 cm³/mol. The molecule has 2 amide bonds. The Morgan fingerprint density at radius 3 is 2.28 bits per heavy atom. The number of aliphatic carboxylic acids is 1. The van der Waals surface area contributed by atoms with Crippen molar-refractivity contribution in [3.8, 4) is 0 Å². The average molecular weight is 250 g/mol. The molecule has 0 aromatic heterocycles. The summed E-state index contributed by atoms with van der Waals surface area (Å²) in [7, 11) is 0. The number of carbonyl (C=O) groups excluding carboxylic acids is 2. The fraction of sp³-hybridized carbons (Fsp3) is 0.250. The van der Waals surface area contributed by atoms with Crippen molar-refractivity contribution in [2.75, 3.05) is 5.32 Å². The number of carbonyl (C=O) groups is 3. The quantitative estimate of drug-likeness (QED) is 0.671. The maximum absolute atomic E-state index is 11.1. The van der Waals surface area contributed by atoms with Crippen LogP contribution in [0.25, 0.3) is 0 Å². The highest BCUT2D eigenvalue weighted by Crippen LogP contribution is 2.09. The number of anilines is 1. The monoisotopic (exact) mass is 250 g/mol. The fourth-order valence-corrected chi connectivity index (χ4v) is 1.31. The minimum Gasteiger partial charge on any atom is -0.481 e. The van der Waals surface area contributed by atoms with E-state index in [9.17, 15) is 14.4 Å². The van der Waals surface area contributed by atoms with Gasteiger partial charge in [0.2, 0.25) is 11.8 Å². The molecule has 1 rings (SSSR count). The van der Waals surface area contributed by atoms with Crippen molar-refractivity contribution < 1.29 is 19.5 Å². The molecule has 1 aromatic carbocycles. The second-order valence-corrected chi connectivity index (χ2v) is 3.73. The number of rotatable bonds is 5. The zero-order valence-corrected chi connectivity index (χ0v) is 9.90. The molecule has 0 atom stereocenters. The molecule has 0 radical (unpaired) electrons. The van der Waals surface area contributed by atoms with E-state index in [1.165, 1.54) is 6.92 Å². The van der Waals surface area contributed by atoms with E-state index in [2.05, 4.69) is 10.6 Å². The molecule has 1 aromatic rings. The summed E-state index contributed by atoms with van der Waals surface area (Å²) in [6.45, 7) is 1.67. The predicted octanol–water partition coefficient (Wildman–Crippen LogP) is 0.736. The lowest BCUT2D eigenvalue weighted by Gasteiger charge is -2.06. The van der Waals surface area contributed by atoms with E-state index >= 15 is 0 Å². The molecule has 6 heteroatoms. The molecule has 0 unspecified atom stereocenters. The van der Waals surface area contributed by atoms with E-state index in [0.29, 0.717) is 5.69 Å². The van der Waals surface area contributed by atoms with Gasteiger partial charge in [-0.2, -0.15) is 0 Å². The Hall–Kier alpha value is -2.37. The Morgan fingerprint density at radius 2 is 1.78 bits per heavy atom. The van der Waals surface area contributed by atoms with Gasteiger partial charge in [-0.05, 0) is 17.7 Å². The van der Waals surface area contributed by atoms with Crippen LogP contribution in [-0.4, -0.2) is 22.9 Å². The smallest absolute Gasteiger partial charge is 0.312 e. The van der Waals surface area contributed by atoms with Crippen LogP contribution < -0.4 is 10.6 Å². The Kier molecular flexibility index (Phi) is 4.86. The molecule has 18 heavy (non-hydrogen) atoms. The van der Waals surface area contributed by atoms with Gasteiger partial charge in [0.15, 0.2) is 0 Å². The van der Waals surface area contributed by atoms with Crippen molar-refractivity contribution in [1.82, 2.24) is 5.32 Å². The Labute approximate surface area is 104 Å². The van der Waals surface area contributed by atoms with Gasteiger partial charge < -0.3 is 15.7 Å². The zero-order valence-electron chi connectivity index (χ0n) is 9.90. The van der Waals surface area contributed by atoms with Gasteiger partial charge in [-0.15, -0.1) is 0 Å². The maximum atomic E-state index is 11.1. The number of benzene rings is 1. The topological polar surface area (TPSA) is 95.5 Å². The molecule has 0 aliphatic rings. The molecule has 0 fully saturated rings. The molecule has 3 N–H and O–H groups in total. The lowest BCUT2D eigenvalue weighted by molar-refractivity contribution is -0.140. The highest BCUT2D eigenvalue weighted by Gasteiger charge is 2.06. The first-order valence-electron chi connectivity index (χ1n) is 5.32. The average Bonchev–Trinajstić information content (AvgIpc) is 2.26. The normalized spacial score (nSPS) is 9.61. The fourth-order valence-electron chi connectivity index (χ4n) is 1.31. The number of hydrogen-bond donors (Lipinski definition) is 3. The van der Waals surface area contributed by atoms with Crippen LogP contribution in [0, 0.1) is 0 Å². The molecule has 0 aliphatic heterocycles. The summed E-state index contributed by atoms with van der Waals surface area (Å²) in [6, 6.07) is 6.90. The van der Waals surface area contributed by atoms with Crippen LogP contribution >= 0.6 is 0 Å². The molecule has 0 spiro atoms. The van der Waals surface area contributed by atoms with Gasteiger partial charge in [-0.25, -0.2) is 0 Å². The van der Waals surface area contributed by atoms with Crippen molar-refractivity contribution in [2.24, 2.45) is 0 Å². The zero-order chi connectivity index (χ0) is 13.5. The third kappa shape index (κ3) is 5.11. The number of carboxylic acids is 1. The molecule has 6 nitrogen and oxygen atoms in total. The minimum absolute atomic E-state index is 0.155. The van der Waals surface area contributed by atoms with E-state index in [1.807, 2.05) is 0 Å². The van der Waals surface area contributed by atoms with E-state index in [0.717, 1.165) is 5.56 Å². The summed E-state index contributed by atoms with van der Waals surface area (Å²) in [6.07, 6.45) is -0.538. The van der Waals surface area contributed by atoms with Gasteiger partial charge in [-0.3, -0.25) is 14.4 Å². The Balaban J connectivity index is 2.46. The molecular formula is C12H14N2O4. The van der Waals surface area contributed by atoms with Crippen LogP contribution in [0.2, 0.25) is 0 Å². The first-order chi connectivity index (χ1) is 8.47. The summed E-state index contributed by atoms with van der Waals surface area (Å²) < 4.78 is 0. The van der Waals surface area contributed by atoms with Gasteiger partial charge in [0.25, 0.3) is 0 Å². The number of nitrogens with one attached hydrogen (secondary N) is 2. The van der Waals surface area contributed by atoms with Gasteiger partial charge in [0.1, 0.15) is 6.42 Å². The van der Waals surface area contributed by atoms with Crippen LogP contribution in [-0.2, 0) is 20.9 Å². The number of carboxylic acid groups (broad SMARTS) is 1. The van der Waals surface area contributed by atoms with Crippen molar-refractivity contribution in [3.63, 3.8) is 0 Å². The van der Waals surface area contributed by atoms with Crippen molar-refractivity contribution in [3.05, 3.63) is 29.8 Å². The molecule has 0 saturated carbocycles. The SMILES string of the molecule is CC(=O)Nc1ccc(CNC(=O)CC(=O)O)cc1. The van der Waals surface area contributed by atoms with Crippen molar-refractivity contribution >= 4 is 23.5 Å². The first-order valence-corrected chi connectivity index (χ1v) is 5.32. The van der Waals surface area contributed by atoms with E-state index < -0.39 is 18.3 Å². The third-order valence-corrected chi connectivity index (χ3v) is 2.08. The Bertz CT molecular complexity index is 454. The van der Waals surface area contributed by atoms with Gasteiger partial charge in [-0.1, -0.05) is 12.1 Å². The molecule has 0 bridgehead atoms. The molecule has 0 saturated heterocycles. The van der Waals surface area contributed by atoms with Gasteiger partial charge >= 0.3 is 5.97 Å².